The quantitative estimate of drug-likeness (QED) is 0.836. The first-order valence-corrected chi connectivity index (χ1v) is 8.75. The summed E-state index contributed by atoms with van der Waals surface area (Å²) in [5.74, 6) is 0.610. The molecule has 0 N–H and O–H groups in total. The number of hydrogen-bond acceptors (Lipinski definition) is 5. The lowest BCUT2D eigenvalue weighted by atomic mass is 10.0. The lowest BCUT2D eigenvalue weighted by molar-refractivity contribution is 0.0299. The van der Waals surface area contributed by atoms with Gasteiger partial charge >= 0.3 is 0 Å². The van der Waals surface area contributed by atoms with Crippen molar-refractivity contribution in [3.63, 3.8) is 0 Å². The molecule has 4 rings (SSSR count). The van der Waals surface area contributed by atoms with E-state index in [1.165, 1.54) is 11.1 Å². The Morgan fingerprint density at radius 2 is 1.84 bits per heavy atom. The number of rotatable bonds is 2. The molecule has 6 heteroatoms. The molecule has 1 amide bonds. The minimum atomic E-state index is -0.0348. The van der Waals surface area contributed by atoms with E-state index in [9.17, 15) is 4.79 Å². The summed E-state index contributed by atoms with van der Waals surface area (Å²) in [4.78, 5) is 25.9. The second-order valence-corrected chi connectivity index (χ2v) is 6.54. The van der Waals surface area contributed by atoms with E-state index in [2.05, 4.69) is 39.1 Å². The predicted molar refractivity (Wildman–Crippen MR) is 94.7 cm³/mol. The number of fused-ring (bicyclic) bond motifs is 1. The molecule has 2 aliphatic rings. The number of carbonyl (C=O) groups is 1. The summed E-state index contributed by atoms with van der Waals surface area (Å²) in [6.07, 6.45) is 0.972. The van der Waals surface area contributed by atoms with Crippen molar-refractivity contribution in [1.29, 1.82) is 0 Å². The van der Waals surface area contributed by atoms with Crippen LogP contribution in [0.25, 0.3) is 0 Å². The van der Waals surface area contributed by atoms with Gasteiger partial charge in [0.25, 0.3) is 5.91 Å². The van der Waals surface area contributed by atoms with Crippen molar-refractivity contribution in [2.24, 2.45) is 0 Å². The molecule has 1 fully saturated rings. The first-order valence-electron chi connectivity index (χ1n) is 8.75. The highest BCUT2D eigenvalue weighted by atomic mass is 16.5. The normalized spacial score (nSPS) is 17.3. The van der Waals surface area contributed by atoms with Crippen molar-refractivity contribution in [2.75, 3.05) is 37.7 Å². The summed E-state index contributed by atoms with van der Waals surface area (Å²) >= 11 is 0. The van der Waals surface area contributed by atoms with E-state index < -0.39 is 0 Å². The van der Waals surface area contributed by atoms with Crippen LogP contribution in [-0.2, 0) is 17.7 Å². The van der Waals surface area contributed by atoms with Crippen LogP contribution in [0.2, 0.25) is 0 Å². The maximum atomic E-state index is 12.7. The van der Waals surface area contributed by atoms with E-state index in [4.69, 9.17) is 4.74 Å². The van der Waals surface area contributed by atoms with Crippen LogP contribution in [-0.4, -0.2) is 53.6 Å². The molecule has 0 unspecified atom stereocenters. The topological polar surface area (TPSA) is 58.6 Å². The Labute approximate surface area is 147 Å². The Kier molecular flexibility index (Phi) is 4.36. The van der Waals surface area contributed by atoms with E-state index in [0.717, 1.165) is 25.2 Å². The second kappa shape index (κ2) is 6.80. The van der Waals surface area contributed by atoms with Crippen LogP contribution in [0.4, 0.5) is 5.95 Å². The zero-order chi connectivity index (χ0) is 17.2. The minimum Gasteiger partial charge on any atom is -0.378 e. The molecule has 3 heterocycles. The molecule has 6 nitrogen and oxygen atoms in total. The smallest absolute Gasteiger partial charge is 0.272 e. The summed E-state index contributed by atoms with van der Waals surface area (Å²) in [5.41, 5.74) is 3.99. The Balaban J connectivity index is 1.59. The van der Waals surface area contributed by atoms with Crippen LogP contribution in [0.5, 0.6) is 0 Å². The monoisotopic (exact) mass is 338 g/mol. The van der Waals surface area contributed by atoms with Crippen molar-refractivity contribution in [2.45, 2.75) is 19.9 Å². The number of nitrogens with zero attached hydrogens (tertiary/aromatic N) is 4. The van der Waals surface area contributed by atoms with Crippen molar-refractivity contribution in [3.05, 3.63) is 52.8 Å². The molecule has 1 saturated heterocycles. The molecular formula is C19H22N4O2. The number of carbonyl (C=O) groups excluding carboxylic acids is 1. The van der Waals surface area contributed by atoms with E-state index in [1.807, 2.05) is 6.92 Å². The van der Waals surface area contributed by atoms with Crippen LogP contribution in [0.3, 0.4) is 0 Å². The average molecular weight is 338 g/mol. The number of ether oxygens (including phenoxy) is 1. The fraction of sp³-hybridized carbons (Fsp3) is 0.421. The largest absolute Gasteiger partial charge is 0.378 e. The Morgan fingerprint density at radius 3 is 2.64 bits per heavy atom. The zero-order valence-corrected chi connectivity index (χ0v) is 14.4. The van der Waals surface area contributed by atoms with Crippen molar-refractivity contribution < 1.29 is 9.53 Å². The predicted octanol–water partition coefficient (Wildman–Crippen LogP) is 1.82. The number of anilines is 1. The Hall–Kier alpha value is -2.47. The van der Waals surface area contributed by atoms with Gasteiger partial charge < -0.3 is 14.5 Å². The average Bonchev–Trinajstić information content (AvgIpc) is 2.67. The molecule has 0 bridgehead atoms. The number of amides is 1. The Morgan fingerprint density at radius 1 is 1.08 bits per heavy atom. The number of aryl methyl sites for hydroxylation is 1. The molecule has 0 saturated carbocycles. The van der Waals surface area contributed by atoms with Gasteiger partial charge in [0.05, 0.1) is 13.2 Å². The highest BCUT2D eigenvalue weighted by molar-refractivity contribution is 5.92. The third kappa shape index (κ3) is 3.35. The maximum Gasteiger partial charge on any atom is 0.272 e. The van der Waals surface area contributed by atoms with Crippen LogP contribution in [0, 0.1) is 6.92 Å². The Bertz CT molecular complexity index is 787. The van der Waals surface area contributed by atoms with Gasteiger partial charge in [0, 0.05) is 31.9 Å². The lowest BCUT2D eigenvalue weighted by Crippen LogP contribution is -2.41. The fourth-order valence-electron chi connectivity index (χ4n) is 3.40. The summed E-state index contributed by atoms with van der Waals surface area (Å²) in [5, 5.41) is 0. The van der Waals surface area contributed by atoms with Gasteiger partial charge in [-0.2, -0.15) is 0 Å². The third-order valence-electron chi connectivity index (χ3n) is 4.77. The molecule has 1 aromatic carbocycles. The standard InChI is InChI=1S/C19H22N4O2/c1-14-12-17(18(24)22-8-10-25-11-9-22)21-19(20-14)23-7-6-15-4-2-3-5-16(15)13-23/h2-5,12H,6-11,13H2,1H3. The van der Waals surface area contributed by atoms with E-state index >= 15 is 0 Å². The molecule has 1 aromatic heterocycles. The lowest BCUT2D eigenvalue weighted by Gasteiger charge is -2.30. The number of benzene rings is 1. The summed E-state index contributed by atoms with van der Waals surface area (Å²) in [7, 11) is 0. The third-order valence-corrected chi connectivity index (χ3v) is 4.77. The van der Waals surface area contributed by atoms with Gasteiger partial charge in [-0.3, -0.25) is 4.79 Å². The maximum absolute atomic E-state index is 12.7. The van der Waals surface area contributed by atoms with E-state index in [0.29, 0.717) is 37.9 Å². The molecular weight excluding hydrogens is 316 g/mol. The van der Waals surface area contributed by atoms with Gasteiger partial charge in [-0.15, -0.1) is 0 Å². The fourth-order valence-corrected chi connectivity index (χ4v) is 3.40. The molecule has 0 aliphatic carbocycles. The summed E-state index contributed by atoms with van der Waals surface area (Å²) < 4.78 is 5.33. The molecule has 0 spiro atoms. The molecule has 2 aromatic rings. The first-order chi connectivity index (χ1) is 12.2. The van der Waals surface area contributed by atoms with Crippen molar-refractivity contribution >= 4 is 11.9 Å². The zero-order valence-electron chi connectivity index (χ0n) is 14.4. The number of aromatic nitrogens is 2. The van der Waals surface area contributed by atoms with Crippen LogP contribution < -0.4 is 4.90 Å². The van der Waals surface area contributed by atoms with Crippen LogP contribution in [0.1, 0.15) is 27.3 Å². The molecule has 130 valence electrons. The van der Waals surface area contributed by atoms with Gasteiger partial charge in [-0.1, -0.05) is 24.3 Å². The molecule has 25 heavy (non-hydrogen) atoms. The SMILES string of the molecule is Cc1cc(C(=O)N2CCOCC2)nc(N2CCc3ccccc3C2)n1. The van der Waals surface area contributed by atoms with Gasteiger partial charge in [0.1, 0.15) is 5.69 Å². The number of morpholine rings is 1. The van der Waals surface area contributed by atoms with E-state index in [1.54, 1.807) is 11.0 Å². The van der Waals surface area contributed by atoms with Gasteiger partial charge in [0.15, 0.2) is 0 Å². The van der Waals surface area contributed by atoms with E-state index in [-0.39, 0.29) is 5.91 Å². The minimum absolute atomic E-state index is 0.0348. The molecule has 0 atom stereocenters. The first kappa shape index (κ1) is 16.0. The highest BCUT2D eigenvalue weighted by Gasteiger charge is 2.23. The molecule has 0 radical (unpaired) electrons. The van der Waals surface area contributed by atoms with Gasteiger partial charge in [-0.25, -0.2) is 9.97 Å². The second-order valence-electron chi connectivity index (χ2n) is 6.54. The number of hydrogen-bond donors (Lipinski definition) is 0. The summed E-state index contributed by atoms with van der Waals surface area (Å²) in [6, 6.07) is 10.2. The van der Waals surface area contributed by atoms with Crippen LogP contribution in [0.15, 0.2) is 30.3 Å². The van der Waals surface area contributed by atoms with Gasteiger partial charge in [0.2, 0.25) is 5.95 Å². The van der Waals surface area contributed by atoms with Crippen molar-refractivity contribution in [1.82, 2.24) is 14.9 Å². The van der Waals surface area contributed by atoms with Crippen molar-refractivity contribution in [3.8, 4) is 0 Å². The molecule has 2 aliphatic heterocycles. The summed E-state index contributed by atoms with van der Waals surface area (Å²) in [6.45, 7) is 5.98. The highest BCUT2D eigenvalue weighted by Crippen LogP contribution is 2.22. The van der Waals surface area contributed by atoms with Gasteiger partial charge in [-0.05, 0) is 30.5 Å². The van der Waals surface area contributed by atoms with Crippen LogP contribution >= 0.6 is 0 Å².